The summed E-state index contributed by atoms with van der Waals surface area (Å²) in [4.78, 5) is 12.9. The lowest BCUT2D eigenvalue weighted by atomic mass is 10.1. The van der Waals surface area contributed by atoms with Crippen LogP contribution in [0.4, 0.5) is 5.69 Å². The fourth-order valence-electron chi connectivity index (χ4n) is 2.83. The number of benzene rings is 1. The predicted octanol–water partition coefficient (Wildman–Crippen LogP) is 2.69. The number of nitrogens with zero attached hydrogens (tertiary/aromatic N) is 1. The van der Waals surface area contributed by atoms with E-state index in [2.05, 4.69) is 17.6 Å². The highest BCUT2D eigenvalue weighted by Gasteiger charge is 2.24. The van der Waals surface area contributed by atoms with Crippen LogP contribution in [0.5, 0.6) is 0 Å². The second kappa shape index (κ2) is 11.3. The molecule has 0 saturated heterocycles. The highest BCUT2D eigenvalue weighted by atomic mass is 32.2. The first-order valence-electron chi connectivity index (χ1n) is 9.49. The van der Waals surface area contributed by atoms with Crippen LogP contribution in [-0.2, 0) is 14.8 Å². The van der Waals surface area contributed by atoms with Crippen molar-refractivity contribution in [3.8, 4) is 0 Å². The Kier molecular flexibility index (Phi) is 9.76. The van der Waals surface area contributed by atoms with Crippen molar-refractivity contribution >= 4 is 21.6 Å². The molecule has 1 aromatic carbocycles. The maximum atomic E-state index is 12.8. The Morgan fingerprint density at radius 2 is 1.89 bits per heavy atom. The minimum Gasteiger partial charge on any atom is -0.383 e. The predicted molar refractivity (Wildman–Crippen MR) is 109 cm³/mol. The lowest BCUT2D eigenvalue weighted by molar-refractivity contribution is 0.0939. The Morgan fingerprint density at radius 1 is 1.22 bits per heavy atom. The van der Waals surface area contributed by atoms with Gasteiger partial charge in [-0.05, 0) is 31.5 Å². The van der Waals surface area contributed by atoms with Gasteiger partial charge in [-0.25, -0.2) is 8.42 Å². The van der Waals surface area contributed by atoms with E-state index >= 15 is 0 Å². The number of anilines is 1. The SMILES string of the molecule is CCC[C@@H](C)NC(=O)c1cc(S(=O)(=O)N(CC)CC)ccc1NCCOC. The van der Waals surface area contributed by atoms with Gasteiger partial charge < -0.3 is 15.4 Å². The van der Waals surface area contributed by atoms with Gasteiger partial charge in [-0.1, -0.05) is 27.2 Å². The molecule has 0 heterocycles. The van der Waals surface area contributed by atoms with Gasteiger partial charge in [0.2, 0.25) is 10.0 Å². The van der Waals surface area contributed by atoms with Crippen molar-refractivity contribution in [1.29, 1.82) is 0 Å². The zero-order valence-electron chi connectivity index (χ0n) is 17.0. The fraction of sp³-hybridized carbons (Fsp3) is 0.632. The molecule has 2 N–H and O–H groups in total. The molecule has 154 valence electrons. The van der Waals surface area contributed by atoms with E-state index in [1.54, 1.807) is 27.0 Å². The van der Waals surface area contributed by atoms with E-state index < -0.39 is 10.0 Å². The molecule has 0 unspecified atom stereocenters. The van der Waals surface area contributed by atoms with Gasteiger partial charge in [-0.3, -0.25) is 4.79 Å². The van der Waals surface area contributed by atoms with Crippen molar-refractivity contribution in [2.45, 2.75) is 51.5 Å². The van der Waals surface area contributed by atoms with Crippen LogP contribution in [-0.4, -0.2) is 58.0 Å². The molecule has 0 aliphatic carbocycles. The highest BCUT2D eigenvalue weighted by Crippen LogP contribution is 2.23. The number of ether oxygens (including phenoxy) is 1. The first-order chi connectivity index (χ1) is 12.8. The van der Waals surface area contributed by atoms with Crippen LogP contribution in [0, 0.1) is 0 Å². The molecule has 0 aliphatic heterocycles. The number of hydrogen-bond acceptors (Lipinski definition) is 5. The van der Waals surface area contributed by atoms with E-state index in [0.29, 0.717) is 37.5 Å². The lowest BCUT2D eigenvalue weighted by Gasteiger charge is -2.20. The molecule has 1 aromatic rings. The highest BCUT2D eigenvalue weighted by molar-refractivity contribution is 7.89. The molecule has 0 radical (unpaired) electrons. The van der Waals surface area contributed by atoms with Crippen LogP contribution in [0.2, 0.25) is 0 Å². The van der Waals surface area contributed by atoms with Crippen molar-refractivity contribution in [1.82, 2.24) is 9.62 Å². The average Bonchev–Trinajstić information content (AvgIpc) is 2.62. The summed E-state index contributed by atoms with van der Waals surface area (Å²) in [5, 5.41) is 6.09. The summed E-state index contributed by atoms with van der Waals surface area (Å²) < 4.78 is 32.0. The molecule has 8 heteroatoms. The summed E-state index contributed by atoms with van der Waals surface area (Å²) in [6, 6.07) is 4.65. The van der Waals surface area contributed by atoms with Crippen LogP contribution >= 0.6 is 0 Å². The minimum atomic E-state index is -3.64. The maximum Gasteiger partial charge on any atom is 0.253 e. The second-order valence-corrected chi connectivity index (χ2v) is 8.32. The van der Waals surface area contributed by atoms with Crippen LogP contribution < -0.4 is 10.6 Å². The number of sulfonamides is 1. The zero-order valence-corrected chi connectivity index (χ0v) is 17.9. The number of carbonyl (C=O) groups is 1. The first-order valence-corrected chi connectivity index (χ1v) is 10.9. The molecule has 0 aliphatic rings. The summed E-state index contributed by atoms with van der Waals surface area (Å²) in [5.41, 5.74) is 0.911. The van der Waals surface area contributed by atoms with E-state index in [9.17, 15) is 13.2 Å². The smallest absolute Gasteiger partial charge is 0.253 e. The van der Waals surface area contributed by atoms with Gasteiger partial charge in [0.1, 0.15) is 0 Å². The summed E-state index contributed by atoms with van der Waals surface area (Å²) in [5.74, 6) is -0.285. The van der Waals surface area contributed by atoms with Gasteiger partial charge in [0.05, 0.1) is 17.1 Å². The summed E-state index contributed by atoms with van der Waals surface area (Å²) >= 11 is 0. The third kappa shape index (κ3) is 6.48. The van der Waals surface area contributed by atoms with Crippen molar-refractivity contribution in [3.63, 3.8) is 0 Å². The van der Waals surface area contributed by atoms with E-state index in [0.717, 1.165) is 12.8 Å². The Bertz CT molecular complexity index is 703. The Morgan fingerprint density at radius 3 is 2.44 bits per heavy atom. The number of amides is 1. The van der Waals surface area contributed by atoms with E-state index in [4.69, 9.17) is 4.74 Å². The summed E-state index contributed by atoms with van der Waals surface area (Å²) in [6.07, 6.45) is 1.81. The quantitative estimate of drug-likeness (QED) is 0.528. The Labute approximate surface area is 163 Å². The van der Waals surface area contributed by atoms with E-state index in [-0.39, 0.29) is 16.8 Å². The molecule has 1 rings (SSSR count). The standard InChI is InChI=1S/C19H33N3O4S/c1-6-9-15(4)21-19(23)17-14-16(27(24,25)22(7-2)8-3)10-11-18(17)20-12-13-26-5/h10-11,14-15,20H,6-9,12-13H2,1-5H3,(H,21,23)/t15-/m1/s1. The molecule has 1 atom stereocenters. The van der Waals surface area contributed by atoms with Gasteiger partial charge in [0.25, 0.3) is 5.91 Å². The molecule has 0 saturated carbocycles. The lowest BCUT2D eigenvalue weighted by Crippen LogP contribution is -2.34. The summed E-state index contributed by atoms with van der Waals surface area (Å²) in [6.45, 7) is 9.33. The topological polar surface area (TPSA) is 87.7 Å². The number of carbonyl (C=O) groups excluding carboxylic acids is 1. The molecule has 0 spiro atoms. The fourth-order valence-corrected chi connectivity index (χ4v) is 4.32. The second-order valence-electron chi connectivity index (χ2n) is 6.38. The van der Waals surface area contributed by atoms with Crippen molar-refractivity contribution in [2.75, 3.05) is 38.7 Å². The van der Waals surface area contributed by atoms with Crippen molar-refractivity contribution < 1.29 is 17.9 Å². The van der Waals surface area contributed by atoms with Gasteiger partial charge in [-0.2, -0.15) is 4.31 Å². The number of hydrogen-bond donors (Lipinski definition) is 2. The number of nitrogens with one attached hydrogen (secondary N) is 2. The third-order valence-corrected chi connectivity index (χ3v) is 6.35. The molecule has 0 aromatic heterocycles. The van der Waals surface area contributed by atoms with Gasteiger partial charge in [0.15, 0.2) is 0 Å². The van der Waals surface area contributed by atoms with Crippen LogP contribution in [0.3, 0.4) is 0 Å². The monoisotopic (exact) mass is 399 g/mol. The average molecular weight is 400 g/mol. The normalized spacial score (nSPS) is 12.8. The Balaban J connectivity index is 3.26. The van der Waals surface area contributed by atoms with E-state index in [1.165, 1.54) is 16.4 Å². The van der Waals surface area contributed by atoms with Crippen LogP contribution in [0.15, 0.2) is 23.1 Å². The van der Waals surface area contributed by atoms with Gasteiger partial charge in [0, 0.05) is 38.5 Å². The molecular weight excluding hydrogens is 366 g/mol. The molecular formula is C19H33N3O4S. The minimum absolute atomic E-state index is 0.0115. The first kappa shape index (κ1) is 23.4. The van der Waals surface area contributed by atoms with Gasteiger partial charge >= 0.3 is 0 Å². The molecule has 1 amide bonds. The van der Waals surface area contributed by atoms with Crippen LogP contribution in [0.1, 0.15) is 50.9 Å². The molecule has 7 nitrogen and oxygen atoms in total. The third-order valence-electron chi connectivity index (χ3n) is 4.30. The molecule has 0 bridgehead atoms. The number of rotatable bonds is 12. The number of methoxy groups -OCH3 is 1. The maximum absolute atomic E-state index is 12.8. The molecule has 0 fully saturated rings. The van der Waals surface area contributed by atoms with E-state index in [1.807, 2.05) is 6.92 Å². The largest absolute Gasteiger partial charge is 0.383 e. The van der Waals surface area contributed by atoms with Crippen molar-refractivity contribution in [3.05, 3.63) is 23.8 Å². The van der Waals surface area contributed by atoms with Crippen molar-refractivity contribution in [2.24, 2.45) is 0 Å². The van der Waals surface area contributed by atoms with Gasteiger partial charge in [-0.15, -0.1) is 0 Å². The zero-order chi connectivity index (χ0) is 20.4. The molecule has 27 heavy (non-hydrogen) atoms. The summed E-state index contributed by atoms with van der Waals surface area (Å²) in [7, 11) is -2.04. The Hall–Kier alpha value is -1.64. The van der Waals surface area contributed by atoms with Crippen LogP contribution in [0.25, 0.3) is 0 Å².